The van der Waals surface area contributed by atoms with E-state index in [1.165, 1.54) is 9.95 Å². The Morgan fingerprint density at radius 3 is 2.60 bits per heavy atom. The van der Waals surface area contributed by atoms with Gasteiger partial charge in [-0.1, -0.05) is 26.0 Å². The second-order valence-corrected chi connectivity index (χ2v) is 7.89. The first kappa shape index (κ1) is 21.5. The SMILES string of the molecule is CCOc1ccccc1NC(=O)C(C)n1c(C(C)C)nc2scc(C(=O)O)c2c1=O. The van der Waals surface area contributed by atoms with E-state index in [0.29, 0.717) is 28.7 Å². The number of rotatable bonds is 7. The minimum absolute atomic E-state index is 0.0197. The van der Waals surface area contributed by atoms with E-state index >= 15 is 0 Å². The summed E-state index contributed by atoms with van der Waals surface area (Å²) in [5.41, 5.74) is -0.153. The zero-order valence-electron chi connectivity index (χ0n) is 17.1. The van der Waals surface area contributed by atoms with E-state index in [1.807, 2.05) is 20.8 Å². The van der Waals surface area contributed by atoms with Crippen LogP contribution in [0.25, 0.3) is 10.2 Å². The number of carbonyl (C=O) groups is 2. The van der Waals surface area contributed by atoms with Crippen molar-refractivity contribution in [1.29, 1.82) is 0 Å². The first-order chi connectivity index (χ1) is 14.3. The number of amides is 1. The van der Waals surface area contributed by atoms with E-state index in [9.17, 15) is 19.5 Å². The van der Waals surface area contributed by atoms with Crippen LogP contribution >= 0.6 is 11.3 Å². The zero-order chi connectivity index (χ0) is 22.0. The molecule has 0 saturated carbocycles. The lowest BCUT2D eigenvalue weighted by molar-refractivity contribution is -0.119. The summed E-state index contributed by atoms with van der Waals surface area (Å²) in [6, 6.07) is 6.11. The van der Waals surface area contributed by atoms with Crippen LogP contribution in [-0.2, 0) is 4.79 Å². The number of benzene rings is 1. The van der Waals surface area contributed by atoms with Crippen LogP contribution in [-0.4, -0.2) is 33.1 Å². The highest BCUT2D eigenvalue weighted by Crippen LogP contribution is 2.27. The van der Waals surface area contributed by atoms with Gasteiger partial charge in [-0.25, -0.2) is 9.78 Å². The summed E-state index contributed by atoms with van der Waals surface area (Å²) in [6.45, 7) is 7.61. The lowest BCUT2D eigenvalue weighted by Crippen LogP contribution is -2.35. The lowest BCUT2D eigenvalue weighted by atomic mass is 10.1. The second kappa shape index (κ2) is 8.66. The Balaban J connectivity index is 2.08. The van der Waals surface area contributed by atoms with Crippen LogP contribution in [0, 0.1) is 0 Å². The number of nitrogens with zero attached hydrogens (tertiary/aromatic N) is 2. The molecule has 0 saturated heterocycles. The highest BCUT2D eigenvalue weighted by molar-refractivity contribution is 7.17. The molecule has 1 atom stereocenters. The Bertz CT molecular complexity index is 1170. The number of carboxylic acids is 1. The van der Waals surface area contributed by atoms with Crippen molar-refractivity contribution in [2.45, 2.75) is 39.7 Å². The molecule has 0 aliphatic rings. The van der Waals surface area contributed by atoms with E-state index < -0.39 is 23.5 Å². The van der Waals surface area contributed by atoms with Gasteiger partial charge in [0.25, 0.3) is 5.56 Å². The smallest absolute Gasteiger partial charge is 0.337 e. The van der Waals surface area contributed by atoms with Crippen LogP contribution in [0.5, 0.6) is 5.75 Å². The minimum Gasteiger partial charge on any atom is -0.492 e. The van der Waals surface area contributed by atoms with E-state index in [1.54, 1.807) is 31.2 Å². The number of anilines is 1. The molecular weight excluding hydrogens is 406 g/mol. The molecule has 30 heavy (non-hydrogen) atoms. The summed E-state index contributed by atoms with van der Waals surface area (Å²) >= 11 is 1.10. The fourth-order valence-corrected chi connectivity index (χ4v) is 4.07. The van der Waals surface area contributed by atoms with Gasteiger partial charge < -0.3 is 15.2 Å². The van der Waals surface area contributed by atoms with Crippen LogP contribution in [0.15, 0.2) is 34.4 Å². The normalized spacial score (nSPS) is 12.2. The molecule has 9 heteroatoms. The van der Waals surface area contributed by atoms with Crippen LogP contribution < -0.4 is 15.6 Å². The van der Waals surface area contributed by atoms with Crippen molar-refractivity contribution in [1.82, 2.24) is 9.55 Å². The van der Waals surface area contributed by atoms with Gasteiger partial charge in [-0.05, 0) is 26.0 Å². The van der Waals surface area contributed by atoms with Crippen LogP contribution in [0.4, 0.5) is 5.69 Å². The van der Waals surface area contributed by atoms with E-state index in [-0.39, 0.29) is 16.9 Å². The third kappa shape index (κ3) is 3.93. The number of hydrogen-bond acceptors (Lipinski definition) is 6. The molecule has 2 heterocycles. The summed E-state index contributed by atoms with van der Waals surface area (Å²) < 4.78 is 6.82. The third-order valence-electron chi connectivity index (χ3n) is 4.63. The number of fused-ring (bicyclic) bond motifs is 1. The molecule has 1 unspecified atom stereocenters. The molecule has 3 rings (SSSR count). The zero-order valence-corrected chi connectivity index (χ0v) is 17.9. The monoisotopic (exact) mass is 429 g/mol. The summed E-state index contributed by atoms with van der Waals surface area (Å²) in [6.07, 6.45) is 0. The van der Waals surface area contributed by atoms with Crippen molar-refractivity contribution in [2.75, 3.05) is 11.9 Å². The Morgan fingerprint density at radius 2 is 1.97 bits per heavy atom. The van der Waals surface area contributed by atoms with Gasteiger partial charge in [0, 0.05) is 11.3 Å². The standard InChI is InChI=1S/C21H23N3O5S/c1-5-29-15-9-7-6-8-14(15)22-18(25)12(4)24-17(11(2)3)23-19-16(20(24)26)13(10-30-19)21(27)28/h6-12H,5H2,1-4H3,(H,22,25)(H,27,28). The number of thiophene rings is 1. The number of hydrogen-bond donors (Lipinski definition) is 2. The van der Waals surface area contributed by atoms with Crippen LogP contribution in [0.1, 0.15) is 55.8 Å². The summed E-state index contributed by atoms with van der Waals surface area (Å²) in [5.74, 6) is -0.835. The van der Waals surface area contributed by atoms with Gasteiger partial charge in [0.2, 0.25) is 5.91 Å². The molecule has 1 aromatic carbocycles. The molecule has 0 aliphatic heterocycles. The number of aromatic carboxylic acids is 1. The van der Waals surface area contributed by atoms with Crippen molar-refractivity contribution in [3.8, 4) is 5.75 Å². The maximum Gasteiger partial charge on any atom is 0.337 e. The summed E-state index contributed by atoms with van der Waals surface area (Å²) in [5, 5.41) is 13.6. The van der Waals surface area contributed by atoms with Crippen LogP contribution in [0.2, 0.25) is 0 Å². The molecule has 8 nitrogen and oxygen atoms in total. The van der Waals surface area contributed by atoms with Crippen molar-refractivity contribution >= 4 is 39.1 Å². The van der Waals surface area contributed by atoms with Gasteiger partial charge in [-0.15, -0.1) is 11.3 Å². The van der Waals surface area contributed by atoms with Gasteiger partial charge in [-0.3, -0.25) is 14.2 Å². The predicted octanol–water partition coefficient (Wildman–Crippen LogP) is 3.88. The Labute approximate surface area is 177 Å². The average molecular weight is 429 g/mol. The van der Waals surface area contributed by atoms with Gasteiger partial charge in [-0.2, -0.15) is 0 Å². The Morgan fingerprint density at radius 1 is 1.27 bits per heavy atom. The highest BCUT2D eigenvalue weighted by atomic mass is 32.1. The van der Waals surface area contributed by atoms with Gasteiger partial charge in [0.1, 0.15) is 22.4 Å². The number of carboxylic acid groups (broad SMARTS) is 1. The fraction of sp³-hybridized carbons (Fsp3) is 0.333. The van der Waals surface area contributed by atoms with E-state index in [2.05, 4.69) is 10.3 Å². The minimum atomic E-state index is -1.20. The van der Waals surface area contributed by atoms with Crippen molar-refractivity contribution < 1.29 is 19.4 Å². The van der Waals surface area contributed by atoms with Crippen molar-refractivity contribution in [3.05, 3.63) is 51.4 Å². The molecule has 0 aliphatic carbocycles. The molecule has 158 valence electrons. The molecule has 2 aromatic heterocycles. The Kier molecular flexibility index (Phi) is 6.21. The number of para-hydroxylation sites is 2. The summed E-state index contributed by atoms with van der Waals surface area (Å²) in [7, 11) is 0. The van der Waals surface area contributed by atoms with E-state index in [4.69, 9.17) is 4.74 Å². The molecule has 0 radical (unpaired) electrons. The van der Waals surface area contributed by atoms with Crippen molar-refractivity contribution in [2.24, 2.45) is 0 Å². The number of carbonyl (C=O) groups excluding carboxylic acids is 1. The predicted molar refractivity (Wildman–Crippen MR) is 116 cm³/mol. The second-order valence-electron chi connectivity index (χ2n) is 7.03. The average Bonchev–Trinajstić information content (AvgIpc) is 3.13. The fourth-order valence-electron chi connectivity index (χ4n) is 3.16. The molecule has 1 amide bonds. The molecular formula is C21H23N3O5S. The molecule has 0 bridgehead atoms. The molecule has 0 spiro atoms. The largest absolute Gasteiger partial charge is 0.492 e. The number of aromatic nitrogens is 2. The maximum atomic E-state index is 13.3. The number of ether oxygens (including phenoxy) is 1. The first-order valence-electron chi connectivity index (χ1n) is 9.55. The third-order valence-corrected chi connectivity index (χ3v) is 5.50. The van der Waals surface area contributed by atoms with Gasteiger partial charge >= 0.3 is 5.97 Å². The molecule has 2 N–H and O–H groups in total. The molecule has 3 aromatic rings. The highest BCUT2D eigenvalue weighted by Gasteiger charge is 2.26. The van der Waals surface area contributed by atoms with Crippen LogP contribution in [0.3, 0.4) is 0 Å². The maximum absolute atomic E-state index is 13.3. The van der Waals surface area contributed by atoms with E-state index in [0.717, 1.165) is 11.3 Å². The van der Waals surface area contributed by atoms with Gasteiger partial charge in [0.05, 0.1) is 23.2 Å². The topological polar surface area (TPSA) is 111 Å². The quantitative estimate of drug-likeness (QED) is 0.590. The van der Waals surface area contributed by atoms with Gasteiger partial charge in [0.15, 0.2) is 0 Å². The van der Waals surface area contributed by atoms with Crippen molar-refractivity contribution in [3.63, 3.8) is 0 Å². The summed E-state index contributed by atoms with van der Waals surface area (Å²) in [4.78, 5) is 42.7. The lowest BCUT2D eigenvalue weighted by Gasteiger charge is -2.21. The number of nitrogens with one attached hydrogen (secondary N) is 1. The first-order valence-corrected chi connectivity index (χ1v) is 10.4. The Hall–Kier alpha value is -3.20. The molecule has 0 fully saturated rings.